The number of amides is 2. The van der Waals surface area contributed by atoms with Gasteiger partial charge in [-0.15, -0.1) is 0 Å². The summed E-state index contributed by atoms with van der Waals surface area (Å²) >= 11 is 3.10. The first-order valence-corrected chi connectivity index (χ1v) is 6.26. The molecule has 2 rings (SSSR count). The Morgan fingerprint density at radius 1 is 1.50 bits per heavy atom. The lowest BCUT2D eigenvalue weighted by atomic mass is 10.2. The van der Waals surface area contributed by atoms with Crippen molar-refractivity contribution in [3.8, 4) is 0 Å². The molecule has 6 heteroatoms. The van der Waals surface area contributed by atoms with E-state index in [1.54, 1.807) is 12.1 Å². The van der Waals surface area contributed by atoms with Gasteiger partial charge in [-0.2, -0.15) is 0 Å². The number of rotatable bonds is 3. The lowest BCUT2D eigenvalue weighted by molar-refractivity contribution is -0.137. The molecule has 4 nitrogen and oxygen atoms in total. The molecule has 1 atom stereocenters. The van der Waals surface area contributed by atoms with Gasteiger partial charge in [0, 0.05) is 13.6 Å². The highest BCUT2D eigenvalue weighted by atomic mass is 79.9. The molecular formula is C12H12BrFN2O2. The molecule has 1 saturated heterocycles. The van der Waals surface area contributed by atoms with E-state index >= 15 is 0 Å². The van der Waals surface area contributed by atoms with Crippen LogP contribution in [0.25, 0.3) is 0 Å². The summed E-state index contributed by atoms with van der Waals surface area (Å²) in [7, 11) is 1.47. The van der Waals surface area contributed by atoms with E-state index in [1.165, 1.54) is 13.1 Å². The van der Waals surface area contributed by atoms with Gasteiger partial charge >= 0.3 is 0 Å². The zero-order valence-corrected chi connectivity index (χ0v) is 11.3. The Labute approximate surface area is 112 Å². The van der Waals surface area contributed by atoms with Crippen molar-refractivity contribution in [2.45, 2.75) is 19.0 Å². The Morgan fingerprint density at radius 2 is 2.22 bits per heavy atom. The van der Waals surface area contributed by atoms with Crippen LogP contribution < -0.4 is 5.32 Å². The van der Waals surface area contributed by atoms with Gasteiger partial charge in [-0.25, -0.2) is 4.39 Å². The number of carbonyl (C=O) groups is 2. The number of likely N-dealkylation sites (N-methyl/N-ethyl adjacent to an activating group) is 1. The number of likely N-dealkylation sites (tertiary alicyclic amines) is 1. The highest BCUT2D eigenvalue weighted by Crippen LogP contribution is 2.17. The molecule has 1 aliphatic heterocycles. The van der Waals surface area contributed by atoms with E-state index in [2.05, 4.69) is 21.2 Å². The van der Waals surface area contributed by atoms with Crippen LogP contribution in [-0.2, 0) is 16.1 Å². The van der Waals surface area contributed by atoms with Gasteiger partial charge < -0.3 is 5.32 Å². The summed E-state index contributed by atoms with van der Waals surface area (Å²) in [6.45, 7) is 0.413. The molecule has 1 N–H and O–H groups in total. The number of nitrogens with zero attached hydrogens (tertiary/aromatic N) is 1. The molecule has 1 heterocycles. The number of imide groups is 1. The Balaban J connectivity index is 1.98. The van der Waals surface area contributed by atoms with Crippen LogP contribution in [0.2, 0.25) is 0 Å². The van der Waals surface area contributed by atoms with Gasteiger partial charge in [-0.3, -0.25) is 14.5 Å². The predicted molar refractivity (Wildman–Crippen MR) is 67.1 cm³/mol. The number of nitrogens with one attached hydrogen (secondary N) is 1. The third-order valence-electron chi connectivity index (χ3n) is 2.92. The molecule has 0 aromatic heterocycles. The van der Waals surface area contributed by atoms with Crippen molar-refractivity contribution in [2.75, 3.05) is 7.05 Å². The molecule has 1 aliphatic rings. The van der Waals surface area contributed by atoms with Crippen LogP contribution in [0.3, 0.4) is 0 Å². The minimum absolute atomic E-state index is 0.178. The summed E-state index contributed by atoms with van der Waals surface area (Å²) in [5, 5.41) is 3.00. The third-order valence-corrected chi connectivity index (χ3v) is 3.53. The van der Waals surface area contributed by atoms with Crippen LogP contribution in [0, 0.1) is 5.82 Å². The van der Waals surface area contributed by atoms with E-state index in [0.717, 1.165) is 10.5 Å². The molecular weight excluding hydrogens is 303 g/mol. The van der Waals surface area contributed by atoms with E-state index in [9.17, 15) is 14.0 Å². The average molecular weight is 315 g/mol. The van der Waals surface area contributed by atoms with Crippen LogP contribution in [-0.4, -0.2) is 29.8 Å². The SMILES string of the molecule is CN1C(=O)CC(NCc2ccc(F)c(Br)c2)C1=O. The van der Waals surface area contributed by atoms with Crippen molar-refractivity contribution >= 4 is 27.7 Å². The van der Waals surface area contributed by atoms with Crippen molar-refractivity contribution in [1.82, 2.24) is 10.2 Å². The monoisotopic (exact) mass is 314 g/mol. The van der Waals surface area contributed by atoms with Crippen molar-refractivity contribution < 1.29 is 14.0 Å². The second-order valence-electron chi connectivity index (χ2n) is 4.18. The van der Waals surface area contributed by atoms with Gasteiger partial charge in [-0.1, -0.05) is 6.07 Å². The largest absolute Gasteiger partial charge is 0.301 e. The van der Waals surface area contributed by atoms with Crippen LogP contribution in [0.4, 0.5) is 4.39 Å². The fourth-order valence-electron chi connectivity index (χ4n) is 1.81. The minimum Gasteiger partial charge on any atom is -0.301 e. The number of benzene rings is 1. The fraction of sp³-hybridized carbons (Fsp3) is 0.333. The second kappa shape index (κ2) is 5.16. The number of hydrogen-bond acceptors (Lipinski definition) is 3. The Morgan fingerprint density at radius 3 is 2.78 bits per heavy atom. The Hall–Kier alpha value is -1.27. The maximum absolute atomic E-state index is 13.0. The molecule has 0 radical (unpaired) electrons. The predicted octanol–water partition coefficient (Wildman–Crippen LogP) is 1.44. The molecule has 0 spiro atoms. The van der Waals surface area contributed by atoms with Gasteiger partial charge in [-0.05, 0) is 33.6 Å². The standard InChI is InChI=1S/C12H12BrFN2O2/c1-16-11(17)5-10(12(16)18)15-6-7-2-3-9(14)8(13)4-7/h2-4,10,15H,5-6H2,1H3. The van der Waals surface area contributed by atoms with Gasteiger partial charge in [0.2, 0.25) is 11.8 Å². The van der Waals surface area contributed by atoms with Gasteiger partial charge in [0.15, 0.2) is 0 Å². The maximum atomic E-state index is 13.0. The highest BCUT2D eigenvalue weighted by Gasteiger charge is 2.35. The molecule has 2 amide bonds. The minimum atomic E-state index is -0.480. The number of hydrogen-bond donors (Lipinski definition) is 1. The summed E-state index contributed by atoms with van der Waals surface area (Å²) in [6.07, 6.45) is 0.178. The zero-order chi connectivity index (χ0) is 13.3. The van der Waals surface area contributed by atoms with E-state index in [-0.39, 0.29) is 24.1 Å². The number of carbonyl (C=O) groups excluding carboxylic acids is 2. The average Bonchev–Trinajstić information content (AvgIpc) is 2.58. The molecule has 1 aromatic carbocycles. The highest BCUT2D eigenvalue weighted by molar-refractivity contribution is 9.10. The molecule has 1 aromatic rings. The van der Waals surface area contributed by atoms with E-state index in [0.29, 0.717) is 11.0 Å². The summed E-state index contributed by atoms with van der Waals surface area (Å²) in [5.74, 6) is -0.732. The number of halogens is 2. The molecule has 0 aliphatic carbocycles. The zero-order valence-electron chi connectivity index (χ0n) is 9.74. The van der Waals surface area contributed by atoms with E-state index in [4.69, 9.17) is 0 Å². The van der Waals surface area contributed by atoms with Gasteiger partial charge in [0.25, 0.3) is 0 Å². The first-order valence-electron chi connectivity index (χ1n) is 5.46. The van der Waals surface area contributed by atoms with Crippen molar-refractivity contribution in [3.63, 3.8) is 0 Å². The van der Waals surface area contributed by atoms with Gasteiger partial charge in [0.1, 0.15) is 5.82 Å². The van der Waals surface area contributed by atoms with Crippen LogP contribution in [0.5, 0.6) is 0 Å². The maximum Gasteiger partial charge on any atom is 0.246 e. The van der Waals surface area contributed by atoms with Crippen LogP contribution >= 0.6 is 15.9 Å². The quantitative estimate of drug-likeness (QED) is 0.859. The van der Waals surface area contributed by atoms with Crippen LogP contribution in [0.1, 0.15) is 12.0 Å². The first-order chi connectivity index (χ1) is 8.49. The normalized spacial score (nSPS) is 19.7. The van der Waals surface area contributed by atoms with Crippen molar-refractivity contribution in [2.24, 2.45) is 0 Å². The summed E-state index contributed by atoms with van der Waals surface area (Å²) in [4.78, 5) is 24.1. The molecule has 1 unspecified atom stereocenters. The Kier molecular flexibility index (Phi) is 3.77. The molecule has 0 saturated carbocycles. The van der Waals surface area contributed by atoms with Crippen molar-refractivity contribution in [1.29, 1.82) is 0 Å². The molecule has 0 bridgehead atoms. The molecule has 1 fully saturated rings. The molecule has 96 valence electrons. The van der Waals surface area contributed by atoms with Crippen LogP contribution in [0.15, 0.2) is 22.7 Å². The summed E-state index contributed by atoms with van der Waals surface area (Å²) in [5.41, 5.74) is 0.845. The molecule has 18 heavy (non-hydrogen) atoms. The Bertz CT molecular complexity index is 507. The fourth-order valence-corrected chi connectivity index (χ4v) is 2.23. The first kappa shape index (κ1) is 13.2. The summed E-state index contributed by atoms with van der Waals surface area (Å²) in [6, 6.07) is 4.16. The second-order valence-corrected chi connectivity index (χ2v) is 5.03. The van der Waals surface area contributed by atoms with E-state index < -0.39 is 6.04 Å². The topological polar surface area (TPSA) is 49.4 Å². The lowest BCUT2D eigenvalue weighted by Crippen LogP contribution is -2.36. The van der Waals surface area contributed by atoms with E-state index in [1.807, 2.05) is 0 Å². The summed E-state index contributed by atoms with van der Waals surface area (Å²) < 4.78 is 13.4. The van der Waals surface area contributed by atoms with Gasteiger partial charge in [0.05, 0.1) is 16.9 Å². The third kappa shape index (κ3) is 2.59. The smallest absolute Gasteiger partial charge is 0.246 e. The lowest BCUT2D eigenvalue weighted by Gasteiger charge is -2.11. The van der Waals surface area contributed by atoms with Crippen molar-refractivity contribution in [3.05, 3.63) is 34.1 Å².